The zero-order valence-corrected chi connectivity index (χ0v) is 21.8. The van der Waals surface area contributed by atoms with E-state index in [0.29, 0.717) is 11.5 Å². The van der Waals surface area contributed by atoms with Crippen LogP contribution in [0.1, 0.15) is 38.0 Å². The molecule has 0 spiro atoms. The molecule has 41 heavy (non-hydrogen) atoms. The number of carbonyl (C=O) groups is 5. The molecule has 0 aliphatic heterocycles. The van der Waals surface area contributed by atoms with Gasteiger partial charge < -0.3 is 28.4 Å². The van der Waals surface area contributed by atoms with Gasteiger partial charge in [0.25, 0.3) is 0 Å². The monoisotopic (exact) mass is 560 g/mol. The highest BCUT2D eigenvalue weighted by Gasteiger charge is 2.17. The van der Waals surface area contributed by atoms with Crippen molar-refractivity contribution in [1.82, 2.24) is 0 Å². The van der Waals surface area contributed by atoms with Crippen LogP contribution in [0.2, 0.25) is 0 Å². The Morgan fingerprint density at radius 1 is 0.634 bits per heavy atom. The molecule has 11 nitrogen and oxygen atoms in total. The van der Waals surface area contributed by atoms with E-state index in [-0.39, 0.29) is 41.8 Å². The molecule has 3 rings (SSSR count). The summed E-state index contributed by atoms with van der Waals surface area (Å²) < 4.78 is 30.7. The maximum absolute atomic E-state index is 12.7. The first-order valence-corrected chi connectivity index (χ1v) is 11.8. The van der Waals surface area contributed by atoms with Gasteiger partial charge >= 0.3 is 23.9 Å². The Hall–Kier alpha value is -5.71. The van der Waals surface area contributed by atoms with Crippen molar-refractivity contribution in [3.8, 4) is 23.0 Å². The molecule has 0 bridgehead atoms. The van der Waals surface area contributed by atoms with Gasteiger partial charge in [-0.25, -0.2) is 19.2 Å². The second-order valence-electron chi connectivity index (χ2n) is 7.90. The third-order valence-electron chi connectivity index (χ3n) is 5.11. The van der Waals surface area contributed by atoms with E-state index < -0.39 is 29.7 Å². The first-order chi connectivity index (χ1) is 19.7. The van der Waals surface area contributed by atoms with E-state index in [4.69, 9.17) is 28.4 Å². The minimum absolute atomic E-state index is 0.0189. The highest BCUT2D eigenvalue weighted by atomic mass is 16.7. The van der Waals surface area contributed by atoms with Crippen LogP contribution in [-0.2, 0) is 19.1 Å². The lowest BCUT2D eigenvalue weighted by Gasteiger charge is -2.11. The standard InChI is InChI=1S/C30H24O11/c1-4-27(32)38-17-36-22-10-6-20(7-11-22)29(34)40-24-14-15-26(25(16-24)19(3)31)41-30(35)21-8-12-23(13-9-21)37-18-39-28(33)5-2/h4-16H,1-2,17-18H2,3H3. The predicted octanol–water partition coefficient (Wildman–Crippen LogP) is 4.46. The molecule has 0 fully saturated rings. The number of benzene rings is 3. The number of hydrogen-bond acceptors (Lipinski definition) is 11. The minimum Gasteiger partial charge on any atom is -0.457 e. The van der Waals surface area contributed by atoms with E-state index >= 15 is 0 Å². The molecule has 210 valence electrons. The summed E-state index contributed by atoms with van der Waals surface area (Å²) in [6.45, 7) is 7.16. The van der Waals surface area contributed by atoms with Crippen molar-refractivity contribution in [3.05, 3.63) is 109 Å². The summed E-state index contributed by atoms with van der Waals surface area (Å²) in [4.78, 5) is 59.6. The molecule has 0 amide bonds. The molecular weight excluding hydrogens is 536 g/mol. The van der Waals surface area contributed by atoms with Gasteiger partial charge in [-0.15, -0.1) is 0 Å². The number of rotatable bonds is 13. The largest absolute Gasteiger partial charge is 0.457 e. The molecule has 0 unspecified atom stereocenters. The van der Waals surface area contributed by atoms with Crippen LogP contribution >= 0.6 is 0 Å². The normalized spacial score (nSPS) is 9.98. The fraction of sp³-hybridized carbons (Fsp3) is 0.100. The maximum atomic E-state index is 12.7. The van der Waals surface area contributed by atoms with Gasteiger partial charge in [-0.1, -0.05) is 13.2 Å². The zero-order chi connectivity index (χ0) is 29.8. The fourth-order valence-electron chi connectivity index (χ4n) is 3.06. The topological polar surface area (TPSA) is 141 Å². The molecule has 0 saturated carbocycles. The number of hydrogen-bond donors (Lipinski definition) is 0. The van der Waals surface area contributed by atoms with Crippen LogP contribution < -0.4 is 18.9 Å². The van der Waals surface area contributed by atoms with E-state index in [9.17, 15) is 24.0 Å². The summed E-state index contributed by atoms with van der Waals surface area (Å²) >= 11 is 0. The lowest BCUT2D eigenvalue weighted by molar-refractivity contribution is -0.145. The van der Waals surface area contributed by atoms with E-state index in [1.807, 2.05) is 0 Å². The molecule has 11 heteroatoms. The highest BCUT2D eigenvalue weighted by Crippen LogP contribution is 2.27. The van der Waals surface area contributed by atoms with Crippen molar-refractivity contribution in [1.29, 1.82) is 0 Å². The Kier molecular flexibility index (Phi) is 10.5. The van der Waals surface area contributed by atoms with Crippen molar-refractivity contribution in [2.75, 3.05) is 13.6 Å². The number of esters is 4. The predicted molar refractivity (Wildman–Crippen MR) is 143 cm³/mol. The average molecular weight is 561 g/mol. The molecule has 0 aromatic heterocycles. The Labute approximate surface area is 234 Å². The molecule has 0 saturated heterocycles. The molecule has 0 heterocycles. The number of ether oxygens (including phenoxy) is 6. The zero-order valence-electron chi connectivity index (χ0n) is 21.8. The number of Topliss-reactive ketones (excluding diaryl/α,β-unsaturated/α-hetero) is 1. The molecule has 3 aromatic carbocycles. The van der Waals surface area contributed by atoms with Crippen molar-refractivity contribution in [2.45, 2.75) is 6.92 Å². The average Bonchev–Trinajstić information content (AvgIpc) is 2.98. The van der Waals surface area contributed by atoms with Gasteiger partial charge in [0, 0.05) is 12.2 Å². The van der Waals surface area contributed by atoms with Gasteiger partial charge in [-0.3, -0.25) is 4.79 Å². The van der Waals surface area contributed by atoms with Crippen LogP contribution in [-0.4, -0.2) is 43.2 Å². The van der Waals surface area contributed by atoms with E-state index in [2.05, 4.69) is 13.2 Å². The van der Waals surface area contributed by atoms with Gasteiger partial charge in [-0.05, 0) is 73.7 Å². The molecule has 0 N–H and O–H groups in total. The Morgan fingerprint density at radius 3 is 1.51 bits per heavy atom. The number of ketones is 1. The van der Waals surface area contributed by atoms with E-state index in [1.54, 1.807) is 0 Å². The summed E-state index contributed by atoms with van der Waals surface area (Å²) in [6, 6.07) is 15.7. The van der Waals surface area contributed by atoms with Crippen LogP contribution in [0, 0.1) is 0 Å². The quantitative estimate of drug-likeness (QED) is 0.0962. The first kappa shape index (κ1) is 29.8. The van der Waals surface area contributed by atoms with Crippen LogP contribution in [0.4, 0.5) is 0 Å². The molecule has 3 aromatic rings. The third-order valence-corrected chi connectivity index (χ3v) is 5.11. The molecule has 0 aliphatic carbocycles. The second-order valence-corrected chi connectivity index (χ2v) is 7.90. The summed E-state index contributed by atoms with van der Waals surface area (Å²) in [5.41, 5.74) is 0.369. The first-order valence-electron chi connectivity index (χ1n) is 11.8. The van der Waals surface area contributed by atoms with Gasteiger partial charge in [0.15, 0.2) is 5.78 Å². The van der Waals surface area contributed by atoms with Gasteiger partial charge in [0.1, 0.15) is 23.0 Å². The molecule has 0 atom stereocenters. The number of carbonyl (C=O) groups excluding carboxylic acids is 5. The summed E-state index contributed by atoms with van der Waals surface area (Å²) in [7, 11) is 0. The van der Waals surface area contributed by atoms with E-state index in [0.717, 1.165) is 12.2 Å². The van der Waals surface area contributed by atoms with Gasteiger partial charge in [0.05, 0.1) is 16.7 Å². The van der Waals surface area contributed by atoms with Crippen LogP contribution in [0.25, 0.3) is 0 Å². The minimum atomic E-state index is -0.747. The smallest absolute Gasteiger partial charge is 0.343 e. The van der Waals surface area contributed by atoms with E-state index in [1.165, 1.54) is 73.7 Å². The summed E-state index contributed by atoms with van der Waals surface area (Å²) in [5, 5.41) is 0. The molecular formula is C30H24O11. The summed E-state index contributed by atoms with van der Waals surface area (Å²) in [6.07, 6.45) is 2.00. The summed E-state index contributed by atoms with van der Waals surface area (Å²) in [5.74, 6) is -2.46. The SMILES string of the molecule is C=CC(=O)OCOc1ccc(C(=O)Oc2ccc(OC(=O)c3ccc(OCOC(=O)C=C)cc3)c(C(C)=O)c2)cc1. The lowest BCUT2D eigenvalue weighted by Crippen LogP contribution is -2.12. The molecule has 0 radical (unpaired) electrons. The maximum Gasteiger partial charge on any atom is 0.343 e. The van der Waals surface area contributed by atoms with Crippen molar-refractivity contribution >= 4 is 29.7 Å². The molecule has 0 aliphatic rings. The highest BCUT2D eigenvalue weighted by molar-refractivity contribution is 6.00. The Balaban J connectivity index is 1.61. The fourth-order valence-corrected chi connectivity index (χ4v) is 3.06. The van der Waals surface area contributed by atoms with Crippen LogP contribution in [0.15, 0.2) is 92.0 Å². The van der Waals surface area contributed by atoms with Crippen molar-refractivity contribution < 1.29 is 52.4 Å². The van der Waals surface area contributed by atoms with Gasteiger partial charge in [-0.2, -0.15) is 0 Å². The van der Waals surface area contributed by atoms with Gasteiger partial charge in [0.2, 0.25) is 13.6 Å². The second kappa shape index (κ2) is 14.4. The Morgan fingerprint density at radius 2 is 1.07 bits per heavy atom. The van der Waals surface area contributed by atoms with Crippen molar-refractivity contribution in [3.63, 3.8) is 0 Å². The third kappa shape index (κ3) is 8.93. The lowest BCUT2D eigenvalue weighted by atomic mass is 10.1. The Bertz CT molecular complexity index is 1450. The van der Waals surface area contributed by atoms with Crippen LogP contribution in [0.3, 0.4) is 0 Å². The van der Waals surface area contributed by atoms with Crippen LogP contribution in [0.5, 0.6) is 23.0 Å². The van der Waals surface area contributed by atoms with Crippen molar-refractivity contribution in [2.24, 2.45) is 0 Å².